The highest BCUT2D eigenvalue weighted by Crippen LogP contribution is 2.52. The van der Waals surface area contributed by atoms with Crippen molar-refractivity contribution in [1.29, 1.82) is 0 Å². The summed E-state index contributed by atoms with van der Waals surface area (Å²) >= 11 is 0. The average molecular weight is 431 g/mol. The van der Waals surface area contributed by atoms with Gasteiger partial charge in [-0.3, -0.25) is 14.4 Å². The molecule has 1 heterocycles. The van der Waals surface area contributed by atoms with Crippen LogP contribution in [0.15, 0.2) is 23.8 Å². The molecule has 0 aromatic heterocycles. The molecule has 3 aliphatic carbocycles. The standard InChI is InChI=1S/C25H34O6/c1-13-22(27)5-4-6-23(14(2)30-3)31-24(28)12-20-17-8-7-15-9-16(26)10-18(15)19(17)11-21(20)25(13)29/h7-8,11,13-15,17-20,22-23,27H,4-6,9-10,12H2,1-3H3. The normalized spacial score (nSPS) is 41.9. The van der Waals surface area contributed by atoms with Crippen molar-refractivity contribution in [2.75, 3.05) is 7.11 Å². The van der Waals surface area contributed by atoms with Gasteiger partial charge < -0.3 is 14.6 Å². The van der Waals surface area contributed by atoms with Crippen LogP contribution in [0.2, 0.25) is 0 Å². The summed E-state index contributed by atoms with van der Waals surface area (Å²) in [5, 5.41) is 10.7. The van der Waals surface area contributed by atoms with Gasteiger partial charge in [0, 0.05) is 31.8 Å². The van der Waals surface area contributed by atoms with Crippen LogP contribution in [-0.4, -0.2) is 48.1 Å². The summed E-state index contributed by atoms with van der Waals surface area (Å²) in [5.74, 6) is -0.381. The van der Waals surface area contributed by atoms with Gasteiger partial charge in [-0.05, 0) is 55.4 Å². The molecule has 6 nitrogen and oxygen atoms in total. The predicted octanol–water partition coefficient (Wildman–Crippen LogP) is 3.03. The number of carbonyl (C=O) groups is 3. The minimum Gasteiger partial charge on any atom is -0.460 e. The lowest BCUT2D eigenvalue weighted by Gasteiger charge is -2.34. The number of Topliss-reactive ketones (excluding diaryl/α,β-unsaturated/α-hetero) is 2. The molecular formula is C25H34O6. The monoisotopic (exact) mass is 430 g/mol. The molecule has 1 N–H and O–H groups in total. The van der Waals surface area contributed by atoms with Gasteiger partial charge in [-0.25, -0.2) is 0 Å². The molecule has 0 bridgehead atoms. The molecule has 0 radical (unpaired) electrons. The number of rotatable bonds is 2. The Balaban J connectivity index is 1.65. The number of aliphatic hydroxyl groups excluding tert-OH is 1. The van der Waals surface area contributed by atoms with Crippen molar-refractivity contribution >= 4 is 17.5 Å². The van der Waals surface area contributed by atoms with Crippen LogP contribution in [0.25, 0.3) is 0 Å². The minimum absolute atomic E-state index is 0.0178. The Kier molecular flexibility index (Phi) is 6.50. The quantitative estimate of drug-likeness (QED) is 0.535. The molecule has 31 heavy (non-hydrogen) atoms. The number of carbonyl (C=O) groups excluding carboxylic acids is 3. The molecule has 2 fully saturated rings. The Bertz CT molecular complexity index is 798. The molecule has 6 heteroatoms. The third kappa shape index (κ3) is 4.29. The number of aliphatic hydroxyl groups is 1. The maximum absolute atomic E-state index is 13.4. The molecule has 1 aliphatic heterocycles. The summed E-state index contributed by atoms with van der Waals surface area (Å²) in [7, 11) is 1.60. The maximum Gasteiger partial charge on any atom is 0.306 e. The molecule has 0 aromatic carbocycles. The van der Waals surface area contributed by atoms with E-state index in [9.17, 15) is 19.5 Å². The largest absolute Gasteiger partial charge is 0.460 e. The average Bonchev–Trinajstić information content (AvgIpc) is 3.30. The lowest BCUT2D eigenvalue weighted by Crippen LogP contribution is -2.36. The van der Waals surface area contributed by atoms with E-state index >= 15 is 0 Å². The zero-order valence-electron chi connectivity index (χ0n) is 18.7. The maximum atomic E-state index is 13.4. The Morgan fingerprint density at radius 1 is 1.10 bits per heavy atom. The van der Waals surface area contributed by atoms with Gasteiger partial charge in [0.05, 0.1) is 18.6 Å². The zero-order valence-corrected chi connectivity index (χ0v) is 18.7. The fraction of sp³-hybridized carbons (Fsp3) is 0.720. The van der Waals surface area contributed by atoms with Crippen molar-refractivity contribution in [3.63, 3.8) is 0 Å². The second-order valence-electron chi connectivity index (χ2n) is 9.87. The van der Waals surface area contributed by atoms with Gasteiger partial charge >= 0.3 is 5.97 Å². The fourth-order valence-electron chi connectivity index (χ4n) is 6.07. The second kappa shape index (κ2) is 8.99. The van der Waals surface area contributed by atoms with E-state index in [2.05, 4.69) is 12.2 Å². The lowest BCUT2D eigenvalue weighted by atomic mass is 9.70. The molecule has 0 aromatic rings. The van der Waals surface area contributed by atoms with Crippen LogP contribution >= 0.6 is 0 Å². The van der Waals surface area contributed by atoms with Crippen LogP contribution in [0.3, 0.4) is 0 Å². The predicted molar refractivity (Wildman–Crippen MR) is 114 cm³/mol. The lowest BCUT2D eigenvalue weighted by molar-refractivity contribution is -0.157. The van der Waals surface area contributed by atoms with Crippen molar-refractivity contribution in [1.82, 2.24) is 0 Å². The van der Waals surface area contributed by atoms with Crippen molar-refractivity contribution in [2.45, 2.75) is 70.7 Å². The zero-order chi connectivity index (χ0) is 22.3. The van der Waals surface area contributed by atoms with E-state index < -0.39 is 12.0 Å². The number of fused-ring (bicyclic) bond motifs is 5. The first kappa shape index (κ1) is 22.4. The summed E-state index contributed by atoms with van der Waals surface area (Å²) in [5.41, 5.74) is 0.639. The Labute approximate surface area is 184 Å². The molecule has 4 aliphatic rings. The van der Waals surface area contributed by atoms with E-state index in [4.69, 9.17) is 9.47 Å². The summed E-state index contributed by atoms with van der Waals surface area (Å²) in [4.78, 5) is 38.4. The third-order valence-corrected chi connectivity index (χ3v) is 8.06. The van der Waals surface area contributed by atoms with Crippen LogP contribution < -0.4 is 0 Å². The van der Waals surface area contributed by atoms with E-state index in [1.165, 1.54) is 0 Å². The first-order chi connectivity index (χ1) is 14.8. The highest BCUT2D eigenvalue weighted by molar-refractivity contribution is 5.99. The van der Waals surface area contributed by atoms with Crippen LogP contribution in [0.5, 0.6) is 0 Å². The molecule has 0 spiro atoms. The summed E-state index contributed by atoms with van der Waals surface area (Å²) in [6.45, 7) is 3.66. The number of hydrogen-bond acceptors (Lipinski definition) is 6. The fourth-order valence-corrected chi connectivity index (χ4v) is 6.07. The highest BCUT2D eigenvalue weighted by atomic mass is 16.6. The highest BCUT2D eigenvalue weighted by Gasteiger charge is 2.49. The summed E-state index contributed by atoms with van der Waals surface area (Å²) < 4.78 is 11.2. The van der Waals surface area contributed by atoms with E-state index in [1.807, 2.05) is 13.0 Å². The van der Waals surface area contributed by atoms with Gasteiger partial charge in [-0.15, -0.1) is 0 Å². The van der Waals surface area contributed by atoms with Crippen LogP contribution in [0.1, 0.15) is 52.4 Å². The van der Waals surface area contributed by atoms with Crippen molar-refractivity contribution in [2.24, 2.45) is 35.5 Å². The SMILES string of the molecule is COC(C)C1CCCC(O)C(C)C(=O)C2=CC3C(C=CC4CC(=O)CC43)C2CC(=O)O1. The molecule has 1 saturated heterocycles. The third-order valence-electron chi connectivity index (χ3n) is 8.06. The first-order valence-electron chi connectivity index (χ1n) is 11.7. The van der Waals surface area contributed by atoms with Gasteiger partial charge in [0.1, 0.15) is 11.9 Å². The summed E-state index contributed by atoms with van der Waals surface area (Å²) in [6.07, 6.45) is 7.84. The molecule has 9 unspecified atom stereocenters. The second-order valence-corrected chi connectivity index (χ2v) is 9.87. The smallest absolute Gasteiger partial charge is 0.306 e. The molecule has 4 rings (SSSR count). The number of esters is 1. The van der Waals surface area contributed by atoms with Crippen LogP contribution in [0, 0.1) is 35.5 Å². The topological polar surface area (TPSA) is 89.9 Å². The number of methoxy groups -OCH3 is 1. The Morgan fingerprint density at radius 2 is 1.87 bits per heavy atom. The minimum atomic E-state index is -0.735. The summed E-state index contributed by atoms with van der Waals surface area (Å²) in [6, 6.07) is 0. The van der Waals surface area contributed by atoms with Gasteiger partial charge in [0.15, 0.2) is 5.78 Å². The Hall–Kier alpha value is -1.79. The number of ether oxygens (including phenoxy) is 2. The molecular weight excluding hydrogens is 396 g/mol. The number of allylic oxidation sites excluding steroid dienone is 4. The van der Waals surface area contributed by atoms with Gasteiger partial charge in [-0.1, -0.05) is 25.2 Å². The van der Waals surface area contributed by atoms with Crippen molar-refractivity contribution < 1.29 is 29.0 Å². The van der Waals surface area contributed by atoms with Gasteiger partial charge in [0.2, 0.25) is 0 Å². The Morgan fingerprint density at radius 3 is 2.61 bits per heavy atom. The number of ketones is 2. The molecule has 1 saturated carbocycles. The number of cyclic esters (lactones) is 1. The van der Waals surface area contributed by atoms with E-state index in [0.717, 1.165) is 0 Å². The molecule has 170 valence electrons. The van der Waals surface area contributed by atoms with Crippen LogP contribution in [-0.2, 0) is 23.9 Å². The molecule has 9 atom stereocenters. The van der Waals surface area contributed by atoms with Gasteiger partial charge in [-0.2, -0.15) is 0 Å². The number of hydrogen-bond donors (Lipinski definition) is 1. The van der Waals surface area contributed by atoms with Gasteiger partial charge in [0.25, 0.3) is 0 Å². The van der Waals surface area contributed by atoms with Crippen LogP contribution in [0.4, 0.5) is 0 Å². The van der Waals surface area contributed by atoms with Crippen molar-refractivity contribution in [3.8, 4) is 0 Å². The van der Waals surface area contributed by atoms with E-state index in [1.54, 1.807) is 14.0 Å². The van der Waals surface area contributed by atoms with E-state index in [-0.39, 0.29) is 65.8 Å². The first-order valence-corrected chi connectivity index (χ1v) is 11.7. The van der Waals surface area contributed by atoms with Crippen molar-refractivity contribution in [3.05, 3.63) is 23.8 Å². The molecule has 0 amide bonds. The van der Waals surface area contributed by atoms with E-state index in [0.29, 0.717) is 37.7 Å².